The number of amides is 1. The van der Waals surface area contributed by atoms with Gasteiger partial charge in [0.15, 0.2) is 6.61 Å². The van der Waals surface area contributed by atoms with Gasteiger partial charge in [-0.25, -0.2) is 0 Å². The van der Waals surface area contributed by atoms with Crippen LogP contribution >= 0.6 is 11.6 Å². The van der Waals surface area contributed by atoms with Crippen LogP contribution in [0.3, 0.4) is 0 Å². The number of carbonyl (C=O) groups is 1. The molecule has 0 unspecified atom stereocenters. The molecule has 0 N–H and O–H groups in total. The van der Waals surface area contributed by atoms with E-state index >= 15 is 0 Å². The standard InChI is InChI=1S/C23H23ClN2O2/c24-22-11-5-4-7-18(22)15-25-14-6-8-20(25)16-26(19-12-13-19)23(27)17-28-21-9-2-1-3-10-21/h1-11,14,19H,12-13,15-17H2. The van der Waals surface area contributed by atoms with E-state index in [1.807, 2.05) is 71.8 Å². The van der Waals surface area contributed by atoms with E-state index in [4.69, 9.17) is 16.3 Å². The fourth-order valence-electron chi connectivity index (χ4n) is 3.28. The number of carbonyl (C=O) groups excluding carboxylic acids is 1. The second-order valence-corrected chi connectivity index (χ2v) is 7.48. The van der Waals surface area contributed by atoms with Crippen LogP contribution in [-0.2, 0) is 17.9 Å². The lowest BCUT2D eigenvalue weighted by Crippen LogP contribution is -2.36. The van der Waals surface area contributed by atoms with Crippen LogP contribution in [0.15, 0.2) is 72.9 Å². The fraction of sp³-hybridized carbons (Fsp3) is 0.261. The van der Waals surface area contributed by atoms with E-state index in [2.05, 4.69) is 10.6 Å². The first kappa shape index (κ1) is 18.6. The lowest BCUT2D eigenvalue weighted by atomic mass is 10.2. The Hall–Kier alpha value is -2.72. The van der Waals surface area contributed by atoms with Gasteiger partial charge < -0.3 is 14.2 Å². The number of ether oxygens (including phenoxy) is 1. The van der Waals surface area contributed by atoms with Crippen molar-refractivity contribution < 1.29 is 9.53 Å². The van der Waals surface area contributed by atoms with Crippen LogP contribution in [0.25, 0.3) is 0 Å². The van der Waals surface area contributed by atoms with Gasteiger partial charge in [-0.1, -0.05) is 48.0 Å². The van der Waals surface area contributed by atoms with Gasteiger partial charge in [-0.05, 0) is 48.7 Å². The molecular weight excluding hydrogens is 372 g/mol. The molecule has 1 heterocycles. The molecule has 0 radical (unpaired) electrons. The summed E-state index contributed by atoms with van der Waals surface area (Å²) in [4.78, 5) is 14.8. The minimum Gasteiger partial charge on any atom is -0.484 e. The lowest BCUT2D eigenvalue weighted by molar-refractivity contribution is -0.134. The molecule has 1 amide bonds. The first-order valence-corrected chi connectivity index (χ1v) is 9.93. The van der Waals surface area contributed by atoms with Crippen LogP contribution in [0.5, 0.6) is 5.75 Å². The molecule has 1 aromatic heterocycles. The van der Waals surface area contributed by atoms with Gasteiger partial charge in [0.1, 0.15) is 5.75 Å². The Morgan fingerprint density at radius 3 is 2.54 bits per heavy atom. The molecule has 1 aliphatic rings. The van der Waals surface area contributed by atoms with E-state index in [-0.39, 0.29) is 12.5 Å². The molecule has 0 aliphatic heterocycles. The molecular formula is C23H23ClN2O2. The molecule has 1 aliphatic carbocycles. The van der Waals surface area contributed by atoms with Crippen molar-refractivity contribution in [2.24, 2.45) is 0 Å². The van der Waals surface area contributed by atoms with Gasteiger partial charge in [0, 0.05) is 29.5 Å². The molecule has 28 heavy (non-hydrogen) atoms. The molecule has 0 bridgehead atoms. The van der Waals surface area contributed by atoms with Crippen molar-refractivity contribution >= 4 is 17.5 Å². The monoisotopic (exact) mass is 394 g/mol. The van der Waals surface area contributed by atoms with E-state index in [0.29, 0.717) is 24.9 Å². The van der Waals surface area contributed by atoms with Crippen LogP contribution in [0.1, 0.15) is 24.1 Å². The molecule has 0 saturated heterocycles. The van der Waals surface area contributed by atoms with Crippen molar-refractivity contribution in [2.45, 2.75) is 32.0 Å². The maximum Gasteiger partial charge on any atom is 0.261 e. The van der Waals surface area contributed by atoms with E-state index in [9.17, 15) is 4.79 Å². The summed E-state index contributed by atoms with van der Waals surface area (Å²) in [6, 6.07) is 21.7. The normalized spacial score (nSPS) is 13.3. The zero-order valence-electron chi connectivity index (χ0n) is 15.6. The summed E-state index contributed by atoms with van der Waals surface area (Å²) in [5.41, 5.74) is 2.17. The summed E-state index contributed by atoms with van der Waals surface area (Å²) >= 11 is 6.32. The first-order valence-electron chi connectivity index (χ1n) is 9.55. The summed E-state index contributed by atoms with van der Waals surface area (Å²) in [6.07, 6.45) is 4.15. The molecule has 3 aromatic rings. The van der Waals surface area contributed by atoms with Crippen LogP contribution in [-0.4, -0.2) is 28.0 Å². The second-order valence-electron chi connectivity index (χ2n) is 7.07. The van der Waals surface area contributed by atoms with Gasteiger partial charge in [0.25, 0.3) is 5.91 Å². The highest BCUT2D eigenvalue weighted by molar-refractivity contribution is 6.31. The Kier molecular flexibility index (Phi) is 5.68. The first-order chi connectivity index (χ1) is 13.7. The smallest absolute Gasteiger partial charge is 0.261 e. The molecule has 0 spiro atoms. The average molecular weight is 395 g/mol. The van der Waals surface area contributed by atoms with Crippen LogP contribution in [0.4, 0.5) is 0 Å². The second kappa shape index (κ2) is 8.53. The van der Waals surface area contributed by atoms with Crippen LogP contribution in [0.2, 0.25) is 5.02 Å². The summed E-state index contributed by atoms with van der Waals surface area (Å²) < 4.78 is 7.83. The SMILES string of the molecule is O=C(COc1ccccc1)N(Cc1cccn1Cc1ccccc1Cl)C1CC1. The quantitative estimate of drug-likeness (QED) is 0.552. The number of para-hydroxylation sites is 1. The van der Waals surface area contributed by atoms with E-state index in [1.165, 1.54) is 0 Å². The minimum atomic E-state index is 0.0249. The molecule has 0 atom stereocenters. The van der Waals surface area contributed by atoms with Crippen molar-refractivity contribution in [1.82, 2.24) is 9.47 Å². The zero-order valence-corrected chi connectivity index (χ0v) is 16.4. The molecule has 144 valence electrons. The predicted octanol–water partition coefficient (Wildman–Crippen LogP) is 4.76. The fourth-order valence-corrected chi connectivity index (χ4v) is 3.48. The summed E-state index contributed by atoms with van der Waals surface area (Å²) in [7, 11) is 0. The van der Waals surface area contributed by atoms with Crippen molar-refractivity contribution in [1.29, 1.82) is 0 Å². The minimum absolute atomic E-state index is 0.0249. The Bertz CT molecular complexity index is 935. The highest BCUT2D eigenvalue weighted by Gasteiger charge is 2.33. The predicted molar refractivity (Wildman–Crippen MR) is 110 cm³/mol. The van der Waals surface area contributed by atoms with E-state index in [1.54, 1.807) is 0 Å². The van der Waals surface area contributed by atoms with Crippen molar-refractivity contribution in [2.75, 3.05) is 6.61 Å². The number of hydrogen-bond acceptors (Lipinski definition) is 2. The van der Waals surface area contributed by atoms with Crippen molar-refractivity contribution in [3.8, 4) is 5.75 Å². The third kappa shape index (κ3) is 4.57. The Morgan fingerprint density at radius 2 is 1.79 bits per heavy atom. The lowest BCUT2D eigenvalue weighted by Gasteiger charge is -2.23. The average Bonchev–Trinajstić information content (AvgIpc) is 3.47. The molecule has 1 fully saturated rings. The summed E-state index contributed by atoms with van der Waals surface area (Å²) in [5.74, 6) is 0.741. The number of nitrogens with zero attached hydrogens (tertiary/aromatic N) is 2. The number of aromatic nitrogens is 1. The Balaban J connectivity index is 1.43. The molecule has 1 saturated carbocycles. The molecule has 4 rings (SSSR count). The largest absolute Gasteiger partial charge is 0.484 e. The zero-order chi connectivity index (χ0) is 19.3. The van der Waals surface area contributed by atoms with Gasteiger partial charge in [-0.15, -0.1) is 0 Å². The van der Waals surface area contributed by atoms with Gasteiger partial charge in [-0.3, -0.25) is 4.79 Å². The van der Waals surface area contributed by atoms with Gasteiger partial charge >= 0.3 is 0 Å². The molecule has 5 heteroatoms. The van der Waals surface area contributed by atoms with Crippen molar-refractivity contribution in [3.63, 3.8) is 0 Å². The number of benzene rings is 2. The van der Waals surface area contributed by atoms with E-state index < -0.39 is 0 Å². The van der Waals surface area contributed by atoms with E-state index in [0.717, 1.165) is 29.1 Å². The van der Waals surface area contributed by atoms with Crippen LogP contribution in [0, 0.1) is 0 Å². The maximum absolute atomic E-state index is 12.8. The topological polar surface area (TPSA) is 34.5 Å². The van der Waals surface area contributed by atoms with Crippen LogP contribution < -0.4 is 4.74 Å². The van der Waals surface area contributed by atoms with Gasteiger partial charge in [-0.2, -0.15) is 0 Å². The molecule has 2 aromatic carbocycles. The molecule has 4 nitrogen and oxygen atoms in total. The van der Waals surface area contributed by atoms with Gasteiger partial charge in [0.05, 0.1) is 6.54 Å². The number of halogens is 1. The highest BCUT2D eigenvalue weighted by Crippen LogP contribution is 2.29. The Morgan fingerprint density at radius 1 is 1.04 bits per heavy atom. The third-order valence-electron chi connectivity index (χ3n) is 4.97. The van der Waals surface area contributed by atoms with Gasteiger partial charge in [0.2, 0.25) is 0 Å². The number of hydrogen-bond donors (Lipinski definition) is 0. The summed E-state index contributed by atoms with van der Waals surface area (Å²) in [5, 5.41) is 0.758. The highest BCUT2D eigenvalue weighted by atomic mass is 35.5. The number of rotatable bonds is 8. The maximum atomic E-state index is 12.8. The Labute approximate surface area is 170 Å². The van der Waals surface area contributed by atoms with Crippen molar-refractivity contribution in [3.05, 3.63) is 89.2 Å². The summed E-state index contributed by atoms with van der Waals surface area (Å²) in [6.45, 7) is 1.33. The third-order valence-corrected chi connectivity index (χ3v) is 5.34.